The highest BCUT2D eigenvalue weighted by Gasteiger charge is 2.29. The Morgan fingerprint density at radius 2 is 1.95 bits per heavy atom. The number of amides is 2. The molecule has 2 aliphatic rings. The standard InChI is InChI=1S/C12H21N3O3S/c1-18-8-11(16)14-3-5-15(6-4-14)12(17)10-9-19-7-2-13-10/h10,13H,2-9H2,1H3. The molecule has 0 aromatic heterocycles. The minimum absolute atomic E-state index is 0.000876. The molecule has 108 valence electrons. The number of piperazine rings is 1. The van der Waals surface area contributed by atoms with Gasteiger partial charge in [-0.15, -0.1) is 0 Å². The second kappa shape index (κ2) is 7.12. The summed E-state index contributed by atoms with van der Waals surface area (Å²) in [5.41, 5.74) is 0. The molecule has 1 atom stereocenters. The zero-order valence-corrected chi connectivity index (χ0v) is 12.1. The van der Waals surface area contributed by atoms with Crippen molar-refractivity contribution < 1.29 is 14.3 Å². The maximum Gasteiger partial charge on any atom is 0.248 e. The van der Waals surface area contributed by atoms with Crippen LogP contribution in [0.3, 0.4) is 0 Å². The molecule has 7 heteroatoms. The van der Waals surface area contributed by atoms with Crippen molar-refractivity contribution in [1.29, 1.82) is 0 Å². The van der Waals surface area contributed by atoms with Crippen LogP contribution in [0.4, 0.5) is 0 Å². The van der Waals surface area contributed by atoms with Crippen molar-refractivity contribution in [3.63, 3.8) is 0 Å². The van der Waals surface area contributed by atoms with Crippen LogP contribution in [0.2, 0.25) is 0 Å². The number of nitrogens with one attached hydrogen (secondary N) is 1. The van der Waals surface area contributed by atoms with E-state index in [0.29, 0.717) is 26.2 Å². The van der Waals surface area contributed by atoms with Crippen molar-refractivity contribution in [3.8, 4) is 0 Å². The fourth-order valence-corrected chi connectivity index (χ4v) is 3.26. The summed E-state index contributed by atoms with van der Waals surface area (Å²) in [7, 11) is 1.52. The highest BCUT2D eigenvalue weighted by Crippen LogP contribution is 2.11. The van der Waals surface area contributed by atoms with Crippen LogP contribution in [0.25, 0.3) is 0 Å². The lowest BCUT2D eigenvalue weighted by molar-refractivity contribution is -0.142. The Morgan fingerprint density at radius 3 is 2.53 bits per heavy atom. The molecular formula is C12H21N3O3S. The molecule has 1 unspecified atom stereocenters. The molecule has 0 aromatic rings. The maximum absolute atomic E-state index is 12.3. The number of ether oxygens (including phenoxy) is 1. The number of carbonyl (C=O) groups excluding carboxylic acids is 2. The summed E-state index contributed by atoms with van der Waals surface area (Å²) in [6.45, 7) is 3.47. The average Bonchev–Trinajstić information content (AvgIpc) is 2.48. The van der Waals surface area contributed by atoms with Crippen LogP contribution < -0.4 is 5.32 Å². The van der Waals surface area contributed by atoms with Crippen LogP contribution in [0.15, 0.2) is 0 Å². The van der Waals surface area contributed by atoms with Gasteiger partial charge in [-0.1, -0.05) is 0 Å². The fourth-order valence-electron chi connectivity index (χ4n) is 2.34. The summed E-state index contributed by atoms with van der Waals surface area (Å²) < 4.78 is 4.84. The first-order valence-corrected chi connectivity index (χ1v) is 7.74. The van der Waals surface area contributed by atoms with E-state index in [1.807, 2.05) is 16.7 Å². The lowest BCUT2D eigenvalue weighted by Gasteiger charge is -2.37. The third-order valence-electron chi connectivity index (χ3n) is 3.43. The van der Waals surface area contributed by atoms with E-state index in [9.17, 15) is 9.59 Å². The number of carbonyl (C=O) groups is 2. The summed E-state index contributed by atoms with van der Waals surface area (Å²) in [6, 6.07) is -0.0556. The molecule has 0 saturated carbocycles. The SMILES string of the molecule is COCC(=O)N1CCN(C(=O)C2CSCCN2)CC1. The van der Waals surface area contributed by atoms with Crippen molar-refractivity contribution in [2.75, 3.05) is 57.9 Å². The smallest absolute Gasteiger partial charge is 0.248 e. The van der Waals surface area contributed by atoms with Gasteiger partial charge in [0.1, 0.15) is 6.61 Å². The first kappa shape index (κ1) is 14.6. The van der Waals surface area contributed by atoms with Crippen LogP contribution in [-0.4, -0.2) is 85.6 Å². The molecule has 2 rings (SSSR count). The molecule has 19 heavy (non-hydrogen) atoms. The molecule has 0 spiro atoms. The highest BCUT2D eigenvalue weighted by atomic mass is 32.2. The Labute approximate surface area is 117 Å². The molecular weight excluding hydrogens is 266 g/mol. The lowest BCUT2D eigenvalue weighted by atomic mass is 10.2. The predicted molar refractivity (Wildman–Crippen MR) is 74.2 cm³/mol. The lowest BCUT2D eigenvalue weighted by Crippen LogP contribution is -2.57. The van der Waals surface area contributed by atoms with E-state index in [2.05, 4.69) is 5.32 Å². The van der Waals surface area contributed by atoms with E-state index in [1.165, 1.54) is 7.11 Å². The van der Waals surface area contributed by atoms with Gasteiger partial charge in [0.2, 0.25) is 11.8 Å². The fraction of sp³-hybridized carbons (Fsp3) is 0.833. The van der Waals surface area contributed by atoms with Crippen molar-refractivity contribution in [2.24, 2.45) is 0 Å². The minimum Gasteiger partial charge on any atom is -0.375 e. The summed E-state index contributed by atoms with van der Waals surface area (Å²) in [5, 5.41) is 3.26. The van der Waals surface area contributed by atoms with Gasteiger partial charge in [-0.05, 0) is 0 Å². The average molecular weight is 287 g/mol. The maximum atomic E-state index is 12.3. The van der Waals surface area contributed by atoms with Gasteiger partial charge in [0.15, 0.2) is 0 Å². The molecule has 2 amide bonds. The molecule has 6 nitrogen and oxygen atoms in total. The zero-order chi connectivity index (χ0) is 13.7. The molecule has 0 radical (unpaired) electrons. The second-order valence-corrected chi connectivity index (χ2v) is 5.87. The highest BCUT2D eigenvalue weighted by molar-refractivity contribution is 7.99. The number of hydrogen-bond donors (Lipinski definition) is 1. The Bertz CT molecular complexity index is 326. The number of rotatable bonds is 3. The molecule has 0 aromatic carbocycles. The molecule has 2 heterocycles. The monoisotopic (exact) mass is 287 g/mol. The van der Waals surface area contributed by atoms with Crippen molar-refractivity contribution in [3.05, 3.63) is 0 Å². The van der Waals surface area contributed by atoms with Gasteiger partial charge >= 0.3 is 0 Å². The Morgan fingerprint density at radius 1 is 1.26 bits per heavy atom. The van der Waals surface area contributed by atoms with E-state index in [1.54, 1.807) is 4.90 Å². The van der Waals surface area contributed by atoms with Crippen LogP contribution in [0.5, 0.6) is 0 Å². The van der Waals surface area contributed by atoms with Gasteiger partial charge in [-0.2, -0.15) is 11.8 Å². The van der Waals surface area contributed by atoms with Gasteiger partial charge in [-0.25, -0.2) is 0 Å². The first-order valence-electron chi connectivity index (χ1n) is 6.59. The van der Waals surface area contributed by atoms with Crippen LogP contribution in [-0.2, 0) is 14.3 Å². The minimum atomic E-state index is -0.0556. The van der Waals surface area contributed by atoms with Crippen LogP contribution in [0.1, 0.15) is 0 Å². The van der Waals surface area contributed by atoms with E-state index >= 15 is 0 Å². The van der Waals surface area contributed by atoms with Crippen LogP contribution >= 0.6 is 11.8 Å². The Hall–Kier alpha value is -0.790. The molecule has 2 fully saturated rings. The van der Waals surface area contributed by atoms with Crippen LogP contribution in [0, 0.1) is 0 Å². The number of hydrogen-bond acceptors (Lipinski definition) is 5. The third-order valence-corrected chi connectivity index (χ3v) is 4.49. The zero-order valence-electron chi connectivity index (χ0n) is 11.3. The van der Waals surface area contributed by atoms with E-state index < -0.39 is 0 Å². The largest absolute Gasteiger partial charge is 0.375 e. The second-order valence-electron chi connectivity index (χ2n) is 4.72. The van der Waals surface area contributed by atoms with Crippen molar-refractivity contribution in [2.45, 2.75) is 6.04 Å². The molecule has 2 aliphatic heterocycles. The number of thioether (sulfide) groups is 1. The molecule has 0 aliphatic carbocycles. The first-order chi connectivity index (χ1) is 9.22. The molecule has 2 saturated heterocycles. The third kappa shape index (κ3) is 3.84. The molecule has 0 bridgehead atoms. The normalized spacial score (nSPS) is 24.4. The Balaban J connectivity index is 1.79. The van der Waals surface area contributed by atoms with Gasteiger partial charge in [0, 0.05) is 51.3 Å². The van der Waals surface area contributed by atoms with Gasteiger partial charge in [0.05, 0.1) is 6.04 Å². The van der Waals surface area contributed by atoms with Gasteiger partial charge in [0.25, 0.3) is 0 Å². The summed E-state index contributed by atoms with van der Waals surface area (Å²) in [6.07, 6.45) is 0. The number of nitrogens with zero attached hydrogens (tertiary/aromatic N) is 2. The summed E-state index contributed by atoms with van der Waals surface area (Å²) in [5.74, 6) is 2.09. The molecule has 1 N–H and O–H groups in total. The predicted octanol–water partition coefficient (Wildman–Crippen LogP) is -0.991. The summed E-state index contributed by atoms with van der Waals surface area (Å²) in [4.78, 5) is 27.6. The van der Waals surface area contributed by atoms with E-state index in [4.69, 9.17) is 4.74 Å². The van der Waals surface area contributed by atoms with E-state index in [-0.39, 0.29) is 24.5 Å². The van der Waals surface area contributed by atoms with Crippen molar-refractivity contribution in [1.82, 2.24) is 15.1 Å². The Kier molecular flexibility index (Phi) is 5.47. The topological polar surface area (TPSA) is 61.9 Å². The van der Waals surface area contributed by atoms with Crippen molar-refractivity contribution >= 4 is 23.6 Å². The van der Waals surface area contributed by atoms with Gasteiger partial charge in [-0.3, -0.25) is 9.59 Å². The quantitative estimate of drug-likeness (QED) is 0.722. The van der Waals surface area contributed by atoms with E-state index in [0.717, 1.165) is 18.1 Å². The summed E-state index contributed by atoms with van der Waals surface area (Å²) >= 11 is 1.82. The van der Waals surface area contributed by atoms with Gasteiger partial charge < -0.3 is 19.9 Å². The number of methoxy groups -OCH3 is 1.